The molecule has 4 rings (SSSR count). The van der Waals surface area contributed by atoms with Gasteiger partial charge in [0.25, 0.3) is 5.91 Å². The molecule has 2 heterocycles. The third-order valence-corrected chi connectivity index (χ3v) is 6.12. The molecule has 1 aromatic heterocycles. The molecule has 2 aromatic carbocycles. The second-order valence-electron chi connectivity index (χ2n) is 9.55. The molecule has 1 N–H and O–H groups in total. The SMILES string of the molecule is CC(C)(C)C(CN1CCc2ccccc2C1)NC(=O)c1ccc(Cn2cccn2)cc1. The van der Waals surface area contributed by atoms with E-state index in [0.717, 1.165) is 31.6 Å². The second kappa shape index (κ2) is 9.06. The smallest absolute Gasteiger partial charge is 0.251 e. The Morgan fingerprint density at radius 1 is 1.06 bits per heavy atom. The minimum Gasteiger partial charge on any atom is -0.347 e. The number of nitrogens with one attached hydrogen (secondary N) is 1. The Morgan fingerprint density at radius 2 is 1.81 bits per heavy atom. The quantitative estimate of drug-likeness (QED) is 0.657. The number of carbonyl (C=O) groups excluding carboxylic acids is 1. The molecule has 0 saturated heterocycles. The second-order valence-corrected chi connectivity index (χ2v) is 9.55. The van der Waals surface area contributed by atoms with Gasteiger partial charge in [-0.3, -0.25) is 14.4 Å². The Balaban J connectivity index is 1.40. The van der Waals surface area contributed by atoms with E-state index >= 15 is 0 Å². The summed E-state index contributed by atoms with van der Waals surface area (Å²) in [5, 5.41) is 7.55. The van der Waals surface area contributed by atoms with Crippen molar-refractivity contribution in [1.29, 1.82) is 0 Å². The Hall–Kier alpha value is -2.92. The third-order valence-electron chi connectivity index (χ3n) is 6.12. The molecule has 0 bridgehead atoms. The van der Waals surface area contributed by atoms with Gasteiger partial charge in [-0.1, -0.05) is 57.2 Å². The Kier molecular flexibility index (Phi) is 6.23. The highest BCUT2D eigenvalue weighted by Crippen LogP contribution is 2.24. The van der Waals surface area contributed by atoms with Crippen LogP contribution in [0, 0.1) is 5.41 Å². The summed E-state index contributed by atoms with van der Waals surface area (Å²) in [4.78, 5) is 15.5. The van der Waals surface area contributed by atoms with Crippen LogP contribution >= 0.6 is 0 Å². The van der Waals surface area contributed by atoms with E-state index in [2.05, 4.69) is 60.4 Å². The molecular weight excluding hydrogens is 384 g/mol. The maximum Gasteiger partial charge on any atom is 0.251 e. The predicted octanol–water partition coefficient (Wildman–Crippen LogP) is 4.13. The molecule has 0 spiro atoms. The van der Waals surface area contributed by atoms with Crippen LogP contribution in [0.2, 0.25) is 0 Å². The van der Waals surface area contributed by atoms with Gasteiger partial charge in [-0.2, -0.15) is 5.10 Å². The number of hydrogen-bond donors (Lipinski definition) is 1. The summed E-state index contributed by atoms with van der Waals surface area (Å²) in [5.74, 6) is -0.0111. The molecule has 0 fully saturated rings. The number of aromatic nitrogens is 2. The molecule has 1 amide bonds. The van der Waals surface area contributed by atoms with E-state index in [0.29, 0.717) is 12.1 Å². The molecule has 0 radical (unpaired) electrons. The molecule has 1 atom stereocenters. The van der Waals surface area contributed by atoms with Crippen molar-refractivity contribution in [3.8, 4) is 0 Å². The van der Waals surface area contributed by atoms with Gasteiger partial charge in [-0.15, -0.1) is 0 Å². The van der Waals surface area contributed by atoms with Crippen LogP contribution in [0.4, 0.5) is 0 Å². The summed E-state index contributed by atoms with van der Waals surface area (Å²) in [6.45, 7) is 10.1. The van der Waals surface area contributed by atoms with Gasteiger partial charge in [0, 0.05) is 43.6 Å². The maximum atomic E-state index is 13.0. The lowest BCUT2D eigenvalue weighted by molar-refractivity contribution is 0.0863. The molecular formula is C26H32N4O. The van der Waals surface area contributed by atoms with Gasteiger partial charge in [0.05, 0.1) is 6.54 Å². The number of fused-ring (bicyclic) bond motifs is 1. The molecule has 3 aromatic rings. The average Bonchev–Trinajstić information content (AvgIpc) is 3.26. The number of amides is 1. The lowest BCUT2D eigenvalue weighted by Crippen LogP contribution is -2.51. The summed E-state index contributed by atoms with van der Waals surface area (Å²) < 4.78 is 1.88. The van der Waals surface area contributed by atoms with Crippen LogP contribution in [-0.4, -0.2) is 39.7 Å². The lowest BCUT2D eigenvalue weighted by atomic mass is 9.85. The van der Waals surface area contributed by atoms with E-state index in [-0.39, 0.29) is 17.4 Å². The van der Waals surface area contributed by atoms with Crippen molar-refractivity contribution in [2.45, 2.75) is 46.3 Å². The van der Waals surface area contributed by atoms with E-state index < -0.39 is 0 Å². The normalized spacial score (nSPS) is 15.3. The first-order valence-electron chi connectivity index (χ1n) is 11.0. The Labute approximate surface area is 185 Å². The Bertz CT molecular complexity index is 1000. The third kappa shape index (κ3) is 5.42. The van der Waals surface area contributed by atoms with Crippen LogP contribution in [0.15, 0.2) is 67.0 Å². The van der Waals surface area contributed by atoms with Crippen LogP contribution < -0.4 is 5.32 Å². The summed E-state index contributed by atoms with van der Waals surface area (Å²) >= 11 is 0. The largest absolute Gasteiger partial charge is 0.347 e. The van der Waals surface area contributed by atoms with Gasteiger partial charge in [-0.05, 0) is 46.7 Å². The fourth-order valence-electron chi connectivity index (χ4n) is 4.09. The van der Waals surface area contributed by atoms with Crippen molar-refractivity contribution in [1.82, 2.24) is 20.0 Å². The van der Waals surface area contributed by atoms with Crippen LogP contribution in [0.25, 0.3) is 0 Å². The van der Waals surface area contributed by atoms with Gasteiger partial charge in [0.15, 0.2) is 0 Å². The highest BCUT2D eigenvalue weighted by molar-refractivity contribution is 5.94. The highest BCUT2D eigenvalue weighted by atomic mass is 16.1. The first-order chi connectivity index (χ1) is 14.9. The number of carbonyl (C=O) groups is 1. The van der Waals surface area contributed by atoms with Gasteiger partial charge >= 0.3 is 0 Å². The molecule has 1 aliphatic heterocycles. The molecule has 5 heteroatoms. The fourth-order valence-corrected chi connectivity index (χ4v) is 4.09. The number of benzene rings is 2. The van der Waals surface area contributed by atoms with Gasteiger partial charge in [-0.25, -0.2) is 0 Å². The molecule has 5 nitrogen and oxygen atoms in total. The van der Waals surface area contributed by atoms with Gasteiger partial charge < -0.3 is 5.32 Å². The van der Waals surface area contributed by atoms with E-state index in [1.165, 1.54) is 11.1 Å². The summed E-state index contributed by atoms with van der Waals surface area (Å²) in [6, 6.07) is 18.5. The molecule has 1 unspecified atom stereocenters. The zero-order chi connectivity index (χ0) is 21.8. The van der Waals surface area contributed by atoms with Crippen LogP contribution in [0.3, 0.4) is 0 Å². The van der Waals surface area contributed by atoms with Gasteiger partial charge in [0.2, 0.25) is 0 Å². The van der Waals surface area contributed by atoms with Crippen LogP contribution in [0.5, 0.6) is 0 Å². The zero-order valence-corrected chi connectivity index (χ0v) is 18.7. The molecule has 0 saturated carbocycles. The Morgan fingerprint density at radius 3 is 2.48 bits per heavy atom. The number of hydrogen-bond acceptors (Lipinski definition) is 3. The van der Waals surface area contributed by atoms with E-state index in [9.17, 15) is 4.79 Å². The molecule has 31 heavy (non-hydrogen) atoms. The van der Waals surface area contributed by atoms with Crippen molar-refractivity contribution in [2.75, 3.05) is 13.1 Å². The van der Waals surface area contributed by atoms with Crippen molar-refractivity contribution < 1.29 is 4.79 Å². The highest BCUT2D eigenvalue weighted by Gasteiger charge is 2.29. The lowest BCUT2D eigenvalue weighted by Gasteiger charge is -2.38. The minimum atomic E-state index is -0.0351. The fraction of sp³-hybridized carbons (Fsp3) is 0.385. The molecule has 0 aliphatic carbocycles. The van der Waals surface area contributed by atoms with E-state index in [1.807, 2.05) is 41.2 Å². The standard InChI is InChI=1S/C26H32N4O/c1-26(2,3)24(19-29-16-13-21-7-4-5-8-23(21)18-29)28-25(31)22-11-9-20(10-12-22)17-30-15-6-14-27-30/h4-12,14-15,24H,13,16-19H2,1-3H3,(H,28,31). The first kappa shape index (κ1) is 21.3. The maximum absolute atomic E-state index is 13.0. The minimum absolute atomic E-state index is 0.0111. The molecule has 162 valence electrons. The molecule has 1 aliphatic rings. The van der Waals surface area contributed by atoms with Gasteiger partial charge in [0.1, 0.15) is 0 Å². The number of nitrogens with zero attached hydrogens (tertiary/aromatic N) is 3. The summed E-state index contributed by atoms with van der Waals surface area (Å²) in [7, 11) is 0. The predicted molar refractivity (Wildman–Crippen MR) is 124 cm³/mol. The summed E-state index contributed by atoms with van der Waals surface area (Å²) in [6.07, 6.45) is 4.78. The van der Waals surface area contributed by atoms with E-state index in [1.54, 1.807) is 6.20 Å². The topological polar surface area (TPSA) is 50.2 Å². The van der Waals surface area contributed by atoms with E-state index in [4.69, 9.17) is 0 Å². The van der Waals surface area contributed by atoms with Crippen molar-refractivity contribution in [3.63, 3.8) is 0 Å². The number of rotatable bonds is 6. The van der Waals surface area contributed by atoms with Crippen LogP contribution in [0.1, 0.15) is 47.8 Å². The summed E-state index contributed by atoms with van der Waals surface area (Å²) in [5.41, 5.74) is 4.64. The van der Waals surface area contributed by atoms with Crippen molar-refractivity contribution in [2.24, 2.45) is 5.41 Å². The average molecular weight is 417 g/mol. The van der Waals surface area contributed by atoms with Crippen LogP contribution in [-0.2, 0) is 19.5 Å². The van der Waals surface area contributed by atoms with Crippen molar-refractivity contribution in [3.05, 3.63) is 89.2 Å². The monoisotopic (exact) mass is 416 g/mol. The van der Waals surface area contributed by atoms with Crippen molar-refractivity contribution >= 4 is 5.91 Å². The zero-order valence-electron chi connectivity index (χ0n) is 18.7. The first-order valence-corrected chi connectivity index (χ1v) is 11.0.